The maximum atomic E-state index is 13.6. The second-order valence-corrected chi connectivity index (χ2v) is 5.42. The van der Waals surface area contributed by atoms with Crippen LogP contribution in [0.1, 0.15) is 15.9 Å². The van der Waals surface area contributed by atoms with Crippen LogP contribution in [-0.4, -0.2) is 37.5 Å². The molecule has 26 heavy (non-hydrogen) atoms. The summed E-state index contributed by atoms with van der Waals surface area (Å²) in [4.78, 5) is 25.0. The van der Waals surface area contributed by atoms with Gasteiger partial charge in [-0.1, -0.05) is 6.07 Å². The lowest BCUT2D eigenvalue weighted by Gasteiger charge is -2.17. The third kappa shape index (κ3) is 4.75. The predicted molar refractivity (Wildman–Crippen MR) is 86.1 cm³/mol. The SMILES string of the molecule is COc1ccc(CN(C)C(=O)COC(=O)c2ccc(F)cc2F)cc1F. The topological polar surface area (TPSA) is 55.8 Å². The molecule has 8 heteroatoms. The van der Waals surface area contributed by atoms with Crippen LogP contribution in [0.2, 0.25) is 0 Å². The molecule has 0 bridgehead atoms. The van der Waals surface area contributed by atoms with E-state index in [0.717, 1.165) is 12.1 Å². The van der Waals surface area contributed by atoms with Crippen LogP contribution in [0.5, 0.6) is 5.75 Å². The Bertz CT molecular complexity index is 826. The molecule has 5 nitrogen and oxygen atoms in total. The first-order valence-electron chi connectivity index (χ1n) is 7.50. The van der Waals surface area contributed by atoms with Gasteiger partial charge in [-0.15, -0.1) is 0 Å². The second-order valence-electron chi connectivity index (χ2n) is 5.42. The number of methoxy groups -OCH3 is 1. The van der Waals surface area contributed by atoms with Gasteiger partial charge in [-0.05, 0) is 29.8 Å². The summed E-state index contributed by atoms with van der Waals surface area (Å²) in [5.74, 6) is -4.05. The Morgan fingerprint density at radius 1 is 1.04 bits per heavy atom. The second kappa shape index (κ2) is 8.37. The highest BCUT2D eigenvalue weighted by molar-refractivity contribution is 5.91. The van der Waals surface area contributed by atoms with Crippen molar-refractivity contribution in [3.63, 3.8) is 0 Å². The zero-order valence-corrected chi connectivity index (χ0v) is 14.1. The van der Waals surface area contributed by atoms with Gasteiger partial charge < -0.3 is 14.4 Å². The van der Waals surface area contributed by atoms with Crippen LogP contribution in [0.15, 0.2) is 36.4 Å². The number of ether oxygens (including phenoxy) is 2. The fraction of sp³-hybridized carbons (Fsp3) is 0.222. The van der Waals surface area contributed by atoms with E-state index in [1.807, 2.05) is 0 Å². The first-order valence-corrected chi connectivity index (χ1v) is 7.50. The minimum atomic E-state index is -1.08. The van der Waals surface area contributed by atoms with Crippen molar-refractivity contribution < 1.29 is 32.2 Å². The fourth-order valence-electron chi connectivity index (χ4n) is 2.14. The first-order chi connectivity index (χ1) is 12.3. The van der Waals surface area contributed by atoms with Crippen molar-refractivity contribution in [2.24, 2.45) is 0 Å². The summed E-state index contributed by atoms with van der Waals surface area (Å²) in [6.45, 7) is -0.563. The Balaban J connectivity index is 1.92. The normalized spacial score (nSPS) is 10.3. The summed E-state index contributed by atoms with van der Waals surface area (Å²) >= 11 is 0. The van der Waals surface area contributed by atoms with Crippen LogP contribution in [0.3, 0.4) is 0 Å². The zero-order chi connectivity index (χ0) is 19.3. The number of hydrogen-bond acceptors (Lipinski definition) is 4. The van der Waals surface area contributed by atoms with Crippen LogP contribution in [0.25, 0.3) is 0 Å². The molecule has 2 rings (SSSR count). The molecule has 0 fully saturated rings. The van der Waals surface area contributed by atoms with Gasteiger partial charge in [-0.3, -0.25) is 4.79 Å². The Morgan fingerprint density at radius 3 is 2.38 bits per heavy atom. The Morgan fingerprint density at radius 2 is 1.77 bits per heavy atom. The average Bonchev–Trinajstić information content (AvgIpc) is 2.59. The molecular weight excluding hydrogens is 351 g/mol. The van der Waals surface area contributed by atoms with E-state index in [9.17, 15) is 22.8 Å². The van der Waals surface area contributed by atoms with Crippen LogP contribution >= 0.6 is 0 Å². The van der Waals surface area contributed by atoms with Gasteiger partial charge in [0.2, 0.25) is 0 Å². The molecule has 0 saturated carbocycles. The van der Waals surface area contributed by atoms with Crippen LogP contribution < -0.4 is 4.74 Å². The van der Waals surface area contributed by atoms with Gasteiger partial charge in [-0.25, -0.2) is 18.0 Å². The van der Waals surface area contributed by atoms with Gasteiger partial charge >= 0.3 is 5.97 Å². The van der Waals surface area contributed by atoms with E-state index in [1.54, 1.807) is 6.07 Å². The number of rotatable bonds is 6. The highest BCUT2D eigenvalue weighted by Gasteiger charge is 2.17. The molecule has 2 aromatic carbocycles. The molecule has 0 N–H and O–H groups in total. The molecule has 0 saturated heterocycles. The lowest BCUT2D eigenvalue weighted by Crippen LogP contribution is -2.31. The molecule has 138 valence electrons. The number of esters is 1. The van der Waals surface area contributed by atoms with Crippen LogP contribution in [0, 0.1) is 17.5 Å². The molecule has 0 radical (unpaired) electrons. The number of carbonyl (C=O) groups excluding carboxylic acids is 2. The summed E-state index contributed by atoms with van der Waals surface area (Å²) in [7, 11) is 2.78. The lowest BCUT2D eigenvalue weighted by atomic mass is 10.2. The Hall–Kier alpha value is -3.03. The molecule has 0 unspecified atom stereocenters. The number of benzene rings is 2. The highest BCUT2D eigenvalue weighted by atomic mass is 19.1. The average molecular weight is 367 g/mol. The minimum absolute atomic E-state index is 0.0716. The molecule has 0 aromatic heterocycles. The van der Waals surface area contributed by atoms with E-state index in [0.29, 0.717) is 11.6 Å². The summed E-state index contributed by atoms with van der Waals surface area (Å²) in [6, 6.07) is 6.63. The highest BCUT2D eigenvalue weighted by Crippen LogP contribution is 2.18. The summed E-state index contributed by atoms with van der Waals surface area (Å²) in [6.07, 6.45) is 0. The number of halogens is 3. The molecule has 0 spiro atoms. The number of likely N-dealkylation sites (N-methyl/N-ethyl adjacent to an activating group) is 1. The molecule has 0 atom stereocenters. The lowest BCUT2D eigenvalue weighted by molar-refractivity contribution is -0.133. The van der Waals surface area contributed by atoms with Crippen LogP contribution in [-0.2, 0) is 16.1 Å². The van der Waals surface area contributed by atoms with Gasteiger partial charge in [0.1, 0.15) is 11.6 Å². The van der Waals surface area contributed by atoms with Gasteiger partial charge in [0.15, 0.2) is 18.2 Å². The minimum Gasteiger partial charge on any atom is -0.494 e. The van der Waals surface area contributed by atoms with E-state index in [1.165, 1.54) is 31.2 Å². The molecule has 0 heterocycles. The molecule has 0 aliphatic heterocycles. The first kappa shape index (κ1) is 19.3. The summed E-state index contributed by atoms with van der Waals surface area (Å²) in [5.41, 5.74) is 0.0362. The summed E-state index contributed by atoms with van der Waals surface area (Å²) < 4.78 is 49.5. The van der Waals surface area contributed by atoms with Crippen molar-refractivity contribution in [1.82, 2.24) is 4.90 Å². The molecule has 0 aliphatic rings. The van der Waals surface area contributed by atoms with Crippen molar-refractivity contribution >= 4 is 11.9 Å². The molecular formula is C18H16F3NO4. The maximum absolute atomic E-state index is 13.6. The zero-order valence-electron chi connectivity index (χ0n) is 14.1. The Kier molecular flexibility index (Phi) is 6.21. The number of carbonyl (C=O) groups is 2. The van der Waals surface area contributed by atoms with Gasteiger partial charge in [0.05, 0.1) is 12.7 Å². The quantitative estimate of drug-likeness (QED) is 0.737. The predicted octanol–water partition coefficient (Wildman–Crippen LogP) is 2.93. The van der Waals surface area contributed by atoms with E-state index in [-0.39, 0.29) is 12.3 Å². The van der Waals surface area contributed by atoms with Crippen molar-refractivity contribution in [2.75, 3.05) is 20.8 Å². The summed E-state index contributed by atoms with van der Waals surface area (Å²) in [5, 5.41) is 0. The number of hydrogen-bond donors (Lipinski definition) is 0. The standard InChI is InChI=1S/C18H16F3NO4/c1-22(9-11-3-6-16(25-2)15(21)7-11)17(23)10-26-18(24)13-5-4-12(19)8-14(13)20/h3-8H,9-10H2,1-2H3. The monoisotopic (exact) mass is 367 g/mol. The number of nitrogens with zero attached hydrogens (tertiary/aromatic N) is 1. The number of amides is 1. The maximum Gasteiger partial charge on any atom is 0.341 e. The van der Waals surface area contributed by atoms with Crippen molar-refractivity contribution in [3.8, 4) is 5.75 Å². The third-order valence-corrected chi connectivity index (χ3v) is 3.54. The smallest absolute Gasteiger partial charge is 0.341 e. The van der Waals surface area contributed by atoms with Crippen molar-refractivity contribution in [1.29, 1.82) is 0 Å². The van der Waals surface area contributed by atoms with Gasteiger partial charge in [0, 0.05) is 19.7 Å². The van der Waals surface area contributed by atoms with Crippen molar-refractivity contribution in [3.05, 3.63) is 65.0 Å². The van der Waals surface area contributed by atoms with E-state index < -0.39 is 41.5 Å². The van der Waals surface area contributed by atoms with Gasteiger partial charge in [0.25, 0.3) is 5.91 Å². The van der Waals surface area contributed by atoms with E-state index >= 15 is 0 Å². The molecule has 0 aliphatic carbocycles. The van der Waals surface area contributed by atoms with E-state index in [4.69, 9.17) is 9.47 Å². The third-order valence-electron chi connectivity index (χ3n) is 3.54. The van der Waals surface area contributed by atoms with E-state index in [2.05, 4.69) is 0 Å². The van der Waals surface area contributed by atoms with Crippen molar-refractivity contribution in [2.45, 2.75) is 6.54 Å². The Labute approximate surface area is 147 Å². The molecule has 2 aromatic rings. The van der Waals surface area contributed by atoms with Gasteiger partial charge in [-0.2, -0.15) is 0 Å². The van der Waals surface area contributed by atoms with Crippen LogP contribution in [0.4, 0.5) is 13.2 Å². The fourth-order valence-corrected chi connectivity index (χ4v) is 2.14. The largest absolute Gasteiger partial charge is 0.494 e. The molecule has 1 amide bonds.